The predicted molar refractivity (Wildman–Crippen MR) is 69.5 cm³/mol. The molecule has 4 nitrogen and oxygen atoms in total. The maximum Gasteiger partial charge on any atom is 0.446 e. The molecule has 0 unspecified atom stereocenters. The van der Waals surface area contributed by atoms with Gasteiger partial charge >= 0.3 is 11.5 Å². The van der Waals surface area contributed by atoms with E-state index in [0.29, 0.717) is 5.56 Å². The number of carbonyl (C=O) groups is 2. The van der Waals surface area contributed by atoms with Crippen molar-refractivity contribution in [1.29, 1.82) is 0 Å². The normalized spacial score (nSPS) is 16.3. The lowest BCUT2D eigenvalue weighted by Gasteiger charge is -2.11. The van der Waals surface area contributed by atoms with Crippen LogP contribution in [0.3, 0.4) is 0 Å². The Morgan fingerprint density at radius 2 is 2.00 bits per heavy atom. The fourth-order valence-electron chi connectivity index (χ4n) is 1.87. The second kappa shape index (κ2) is 5.59. The number of alkyl halides is 3. The van der Waals surface area contributed by atoms with Gasteiger partial charge in [0.05, 0.1) is 0 Å². The van der Waals surface area contributed by atoms with Crippen molar-refractivity contribution >= 4 is 23.6 Å². The summed E-state index contributed by atoms with van der Waals surface area (Å²) in [5.41, 5.74) is -5.24. The number of halogens is 3. The van der Waals surface area contributed by atoms with Crippen LogP contribution in [0.4, 0.5) is 13.2 Å². The number of carbonyl (C=O) groups excluding carboxylic acids is 1. The Labute approximate surface area is 122 Å². The summed E-state index contributed by atoms with van der Waals surface area (Å²) >= 11 is -0.235. The molecule has 114 valence electrons. The molecule has 8 heteroatoms. The first-order chi connectivity index (χ1) is 9.73. The van der Waals surface area contributed by atoms with Gasteiger partial charge in [-0.1, -0.05) is 12.1 Å². The van der Waals surface area contributed by atoms with Gasteiger partial charge < -0.3 is 10.4 Å². The van der Waals surface area contributed by atoms with Crippen molar-refractivity contribution in [2.45, 2.75) is 29.8 Å². The number of thioether (sulfide) groups is 1. The number of hydrogen-bond acceptors (Lipinski definition) is 3. The summed E-state index contributed by atoms with van der Waals surface area (Å²) in [7, 11) is 0. The molecule has 2 N–H and O–H groups in total. The Morgan fingerprint density at radius 1 is 1.33 bits per heavy atom. The molecule has 1 aliphatic carbocycles. The number of rotatable bonds is 5. The predicted octanol–water partition coefficient (Wildman–Crippen LogP) is 2.78. The van der Waals surface area contributed by atoms with Gasteiger partial charge in [-0.2, -0.15) is 13.2 Å². The van der Waals surface area contributed by atoms with Gasteiger partial charge in [0.1, 0.15) is 5.41 Å². The van der Waals surface area contributed by atoms with E-state index in [0.717, 1.165) is 0 Å². The molecule has 0 radical (unpaired) electrons. The third kappa shape index (κ3) is 3.90. The van der Waals surface area contributed by atoms with Gasteiger partial charge in [-0.05, 0) is 42.3 Å². The van der Waals surface area contributed by atoms with Gasteiger partial charge in [-0.3, -0.25) is 9.59 Å². The zero-order valence-electron chi connectivity index (χ0n) is 10.7. The fourth-order valence-corrected chi connectivity index (χ4v) is 2.49. The zero-order valence-corrected chi connectivity index (χ0v) is 11.6. The van der Waals surface area contributed by atoms with E-state index in [2.05, 4.69) is 5.32 Å². The Morgan fingerprint density at radius 3 is 2.52 bits per heavy atom. The Hall–Kier alpha value is -1.70. The molecule has 1 saturated carbocycles. The van der Waals surface area contributed by atoms with Crippen molar-refractivity contribution in [3.05, 3.63) is 29.8 Å². The highest BCUT2D eigenvalue weighted by Gasteiger charge is 2.56. The molecule has 0 bridgehead atoms. The van der Waals surface area contributed by atoms with Crippen molar-refractivity contribution in [3.8, 4) is 0 Å². The van der Waals surface area contributed by atoms with Crippen LogP contribution in [0.15, 0.2) is 29.2 Å². The maximum atomic E-state index is 12.3. The number of hydrogen-bond donors (Lipinski definition) is 2. The lowest BCUT2D eigenvalue weighted by molar-refractivity contribution is -0.149. The van der Waals surface area contributed by atoms with E-state index in [1.807, 2.05) is 0 Å². The molecule has 0 saturated heterocycles. The van der Waals surface area contributed by atoms with Crippen LogP contribution in [0.25, 0.3) is 0 Å². The topological polar surface area (TPSA) is 66.4 Å². The standard InChI is InChI=1S/C13H12F3NO3S/c14-13(15,16)21-9-3-1-2-8(6-9)7-17-10(18)12(4-5-12)11(19)20/h1-3,6H,4-5,7H2,(H,17,18)(H,19,20). The Bertz CT molecular complexity index is 570. The van der Waals surface area contributed by atoms with Crippen molar-refractivity contribution in [2.75, 3.05) is 0 Å². The van der Waals surface area contributed by atoms with E-state index in [9.17, 15) is 22.8 Å². The average Bonchev–Trinajstić information content (AvgIpc) is 3.15. The zero-order chi connectivity index (χ0) is 15.7. The summed E-state index contributed by atoms with van der Waals surface area (Å²) in [5, 5.41) is 11.4. The molecule has 1 fully saturated rings. The summed E-state index contributed by atoms with van der Waals surface area (Å²) in [6.45, 7) is 0.000120. The fraction of sp³-hybridized carbons (Fsp3) is 0.385. The van der Waals surface area contributed by atoms with E-state index in [4.69, 9.17) is 5.11 Å². The van der Waals surface area contributed by atoms with E-state index >= 15 is 0 Å². The number of carboxylic acid groups (broad SMARTS) is 1. The molecule has 21 heavy (non-hydrogen) atoms. The third-order valence-corrected chi connectivity index (χ3v) is 3.90. The molecule has 1 aliphatic rings. The minimum atomic E-state index is -4.37. The third-order valence-electron chi connectivity index (χ3n) is 3.18. The molecular weight excluding hydrogens is 307 g/mol. The highest BCUT2D eigenvalue weighted by Crippen LogP contribution is 2.46. The van der Waals surface area contributed by atoms with Crippen LogP contribution in [0.1, 0.15) is 18.4 Å². The Kier molecular flexibility index (Phi) is 4.18. The van der Waals surface area contributed by atoms with Crippen LogP contribution < -0.4 is 5.32 Å². The van der Waals surface area contributed by atoms with E-state index < -0.39 is 22.8 Å². The molecule has 0 atom stereocenters. The highest BCUT2D eigenvalue weighted by atomic mass is 32.2. The van der Waals surface area contributed by atoms with Gasteiger partial charge in [0.25, 0.3) is 0 Å². The second-order valence-electron chi connectivity index (χ2n) is 4.77. The molecule has 0 spiro atoms. The number of benzene rings is 1. The summed E-state index contributed by atoms with van der Waals surface area (Å²) in [4.78, 5) is 22.8. The van der Waals surface area contributed by atoms with Crippen molar-refractivity contribution < 1.29 is 27.9 Å². The molecule has 1 aromatic carbocycles. The molecular formula is C13H12F3NO3S. The SMILES string of the molecule is O=C(O)C1(C(=O)NCc2cccc(SC(F)(F)F)c2)CC1. The number of amides is 1. The molecule has 1 amide bonds. The first kappa shape index (κ1) is 15.7. The van der Waals surface area contributed by atoms with Crippen LogP contribution in [-0.4, -0.2) is 22.5 Å². The van der Waals surface area contributed by atoms with Crippen molar-refractivity contribution in [2.24, 2.45) is 5.41 Å². The van der Waals surface area contributed by atoms with Crippen LogP contribution >= 0.6 is 11.8 Å². The van der Waals surface area contributed by atoms with Crippen LogP contribution in [-0.2, 0) is 16.1 Å². The van der Waals surface area contributed by atoms with Gasteiger partial charge in [0.2, 0.25) is 5.91 Å². The second-order valence-corrected chi connectivity index (χ2v) is 5.90. The lowest BCUT2D eigenvalue weighted by Crippen LogP contribution is -2.36. The largest absolute Gasteiger partial charge is 0.480 e. The van der Waals surface area contributed by atoms with Gasteiger partial charge in [-0.25, -0.2) is 0 Å². The minimum absolute atomic E-state index is 0.000120. The van der Waals surface area contributed by atoms with Crippen LogP contribution in [0.2, 0.25) is 0 Å². The first-order valence-corrected chi connectivity index (χ1v) is 6.91. The van der Waals surface area contributed by atoms with Gasteiger partial charge in [0.15, 0.2) is 0 Å². The van der Waals surface area contributed by atoms with Gasteiger partial charge in [-0.15, -0.1) is 0 Å². The molecule has 0 aliphatic heterocycles. The molecule has 0 aromatic heterocycles. The number of nitrogens with one attached hydrogen (secondary N) is 1. The summed E-state index contributed by atoms with van der Waals surface area (Å²) in [5.74, 6) is -1.76. The lowest BCUT2D eigenvalue weighted by atomic mass is 10.1. The molecule has 1 aromatic rings. The smallest absolute Gasteiger partial charge is 0.446 e. The van der Waals surface area contributed by atoms with Gasteiger partial charge in [0, 0.05) is 11.4 Å². The van der Waals surface area contributed by atoms with Crippen LogP contribution in [0.5, 0.6) is 0 Å². The van der Waals surface area contributed by atoms with E-state index in [1.54, 1.807) is 6.07 Å². The molecule has 0 heterocycles. The van der Waals surface area contributed by atoms with Crippen molar-refractivity contribution in [1.82, 2.24) is 5.32 Å². The summed E-state index contributed by atoms with van der Waals surface area (Å²) < 4.78 is 36.8. The summed E-state index contributed by atoms with van der Waals surface area (Å²) in [6, 6.07) is 5.67. The monoisotopic (exact) mass is 319 g/mol. The number of aliphatic carboxylic acids is 1. The van der Waals surface area contributed by atoms with Crippen LogP contribution in [0, 0.1) is 5.41 Å². The van der Waals surface area contributed by atoms with E-state index in [1.165, 1.54) is 18.2 Å². The summed E-state index contributed by atoms with van der Waals surface area (Å²) in [6.07, 6.45) is 0.580. The minimum Gasteiger partial charge on any atom is -0.480 e. The first-order valence-electron chi connectivity index (χ1n) is 6.09. The van der Waals surface area contributed by atoms with Crippen molar-refractivity contribution in [3.63, 3.8) is 0 Å². The van der Waals surface area contributed by atoms with E-state index in [-0.39, 0.29) is 36.0 Å². The maximum absolute atomic E-state index is 12.3. The quantitative estimate of drug-likeness (QED) is 0.647. The number of carboxylic acids is 1. The average molecular weight is 319 g/mol. The Balaban J connectivity index is 1.96. The highest BCUT2D eigenvalue weighted by molar-refractivity contribution is 8.00. The molecule has 2 rings (SSSR count).